The third-order valence-electron chi connectivity index (χ3n) is 2.42. The first-order valence-corrected chi connectivity index (χ1v) is 5.65. The van der Waals surface area contributed by atoms with Gasteiger partial charge in [0.1, 0.15) is 0 Å². The van der Waals surface area contributed by atoms with Crippen LogP contribution in [0.4, 0.5) is 5.69 Å². The second-order valence-corrected chi connectivity index (χ2v) is 4.62. The van der Waals surface area contributed by atoms with Crippen molar-refractivity contribution in [3.8, 4) is 10.6 Å². The van der Waals surface area contributed by atoms with Gasteiger partial charge in [0.25, 0.3) is 0 Å². The topological polar surface area (TPSA) is 56.0 Å². The summed E-state index contributed by atoms with van der Waals surface area (Å²) in [6.07, 6.45) is 0. The van der Waals surface area contributed by atoms with Crippen LogP contribution in [0, 0.1) is 0 Å². The molecule has 0 fully saturated rings. The highest BCUT2D eigenvalue weighted by molar-refractivity contribution is 7.21. The first-order valence-electron chi connectivity index (χ1n) is 4.83. The van der Waals surface area contributed by atoms with E-state index in [2.05, 4.69) is 4.98 Å². The number of benzene rings is 2. The quantitative estimate of drug-likeness (QED) is 0.502. The molecule has 1 aliphatic heterocycles. The summed E-state index contributed by atoms with van der Waals surface area (Å²) in [5.41, 5.74) is 7.40. The Labute approximate surface area is 108 Å². The normalized spacial score (nSPS) is 10.4. The van der Waals surface area contributed by atoms with Gasteiger partial charge in [-0.05, 0) is 18.2 Å². The molecule has 0 atom stereocenters. The van der Waals surface area contributed by atoms with Gasteiger partial charge in [-0.1, -0.05) is 12.1 Å². The van der Waals surface area contributed by atoms with E-state index in [0.717, 1.165) is 20.8 Å². The van der Waals surface area contributed by atoms with Crippen LogP contribution in [0.25, 0.3) is 20.8 Å². The SMILES string of the molecule is Cl.Nc1cc2nc3ccccc3sc-2cc1=O. The van der Waals surface area contributed by atoms with Gasteiger partial charge in [0, 0.05) is 6.07 Å². The van der Waals surface area contributed by atoms with Gasteiger partial charge in [-0.3, -0.25) is 4.79 Å². The van der Waals surface area contributed by atoms with Gasteiger partial charge < -0.3 is 5.73 Å². The van der Waals surface area contributed by atoms with Crippen LogP contribution < -0.4 is 11.2 Å². The van der Waals surface area contributed by atoms with Gasteiger partial charge in [-0.25, -0.2) is 4.98 Å². The molecule has 86 valence electrons. The summed E-state index contributed by atoms with van der Waals surface area (Å²) in [5, 5.41) is 0. The van der Waals surface area contributed by atoms with E-state index in [0.29, 0.717) is 0 Å². The Morgan fingerprint density at radius 2 is 1.94 bits per heavy atom. The highest BCUT2D eigenvalue weighted by Crippen LogP contribution is 2.29. The summed E-state index contributed by atoms with van der Waals surface area (Å²) in [5.74, 6) is 0. The van der Waals surface area contributed by atoms with Gasteiger partial charge in [0.15, 0.2) is 0 Å². The summed E-state index contributed by atoms with van der Waals surface area (Å²) in [6, 6.07) is 11.0. The van der Waals surface area contributed by atoms with Crippen molar-refractivity contribution in [3.05, 3.63) is 46.6 Å². The summed E-state index contributed by atoms with van der Waals surface area (Å²) < 4.78 is 1.07. The molecule has 5 heteroatoms. The van der Waals surface area contributed by atoms with Crippen molar-refractivity contribution in [1.82, 2.24) is 4.98 Å². The zero-order valence-electron chi connectivity index (χ0n) is 8.71. The van der Waals surface area contributed by atoms with E-state index in [-0.39, 0.29) is 23.5 Å². The molecular formula is C12H9ClN2OS. The van der Waals surface area contributed by atoms with Gasteiger partial charge >= 0.3 is 0 Å². The molecular weight excluding hydrogens is 256 g/mol. The number of halogens is 1. The number of nitrogens with zero attached hydrogens (tertiary/aromatic N) is 1. The van der Waals surface area contributed by atoms with Crippen LogP contribution in [0.5, 0.6) is 0 Å². The Hall–Kier alpha value is -1.65. The Kier molecular flexibility index (Phi) is 3.00. The Bertz CT molecular complexity index is 710. The lowest BCUT2D eigenvalue weighted by Gasteiger charge is -2.05. The number of hydrogen-bond donors (Lipinski definition) is 1. The van der Waals surface area contributed by atoms with Crippen molar-refractivity contribution in [3.63, 3.8) is 0 Å². The zero-order valence-corrected chi connectivity index (χ0v) is 10.3. The fraction of sp³-hybridized carbons (Fsp3) is 0. The summed E-state index contributed by atoms with van der Waals surface area (Å²) in [7, 11) is 0. The smallest absolute Gasteiger partial charge is 0.203 e. The molecule has 0 amide bonds. The van der Waals surface area contributed by atoms with Gasteiger partial charge in [-0.15, -0.1) is 23.7 Å². The average molecular weight is 265 g/mol. The van der Waals surface area contributed by atoms with E-state index in [1.807, 2.05) is 24.3 Å². The Morgan fingerprint density at radius 1 is 1.18 bits per heavy atom. The van der Waals surface area contributed by atoms with Crippen LogP contribution in [-0.4, -0.2) is 4.98 Å². The predicted octanol–water partition coefficient (Wildman–Crippen LogP) is 2.77. The molecule has 0 saturated carbocycles. The number of para-hydroxylation sites is 1. The molecule has 3 nitrogen and oxygen atoms in total. The van der Waals surface area contributed by atoms with E-state index in [1.54, 1.807) is 23.5 Å². The number of nitrogens with two attached hydrogens (primary N) is 1. The van der Waals surface area contributed by atoms with Crippen LogP contribution in [0.3, 0.4) is 0 Å². The molecule has 0 spiro atoms. The highest BCUT2D eigenvalue weighted by atomic mass is 35.5. The molecule has 17 heavy (non-hydrogen) atoms. The van der Waals surface area contributed by atoms with Crippen LogP contribution in [-0.2, 0) is 0 Å². The van der Waals surface area contributed by atoms with Crippen molar-refractivity contribution >= 4 is 39.6 Å². The van der Waals surface area contributed by atoms with Crippen LogP contribution in [0.1, 0.15) is 0 Å². The fourth-order valence-corrected chi connectivity index (χ4v) is 2.60. The van der Waals surface area contributed by atoms with Crippen LogP contribution in [0.2, 0.25) is 0 Å². The largest absolute Gasteiger partial charge is 0.396 e. The van der Waals surface area contributed by atoms with Crippen molar-refractivity contribution < 1.29 is 0 Å². The molecule has 2 aliphatic rings. The van der Waals surface area contributed by atoms with Crippen molar-refractivity contribution in [2.24, 2.45) is 0 Å². The van der Waals surface area contributed by atoms with Crippen LogP contribution in [0.15, 0.2) is 41.2 Å². The van der Waals surface area contributed by atoms with Crippen LogP contribution >= 0.6 is 23.7 Å². The third kappa shape index (κ3) is 1.97. The van der Waals surface area contributed by atoms with E-state index >= 15 is 0 Å². The summed E-state index contributed by atoms with van der Waals surface area (Å²) in [6.45, 7) is 0. The molecule has 0 bridgehead atoms. The van der Waals surface area contributed by atoms with Gasteiger partial charge in [0.05, 0.1) is 26.5 Å². The zero-order chi connectivity index (χ0) is 11.1. The Morgan fingerprint density at radius 3 is 2.76 bits per heavy atom. The first-order chi connectivity index (χ1) is 7.74. The predicted molar refractivity (Wildman–Crippen MR) is 74.2 cm³/mol. The molecule has 0 saturated heterocycles. The number of rotatable bonds is 0. The minimum Gasteiger partial charge on any atom is -0.396 e. The maximum Gasteiger partial charge on any atom is 0.203 e. The second-order valence-electron chi connectivity index (χ2n) is 3.54. The van der Waals surface area contributed by atoms with Crippen molar-refractivity contribution in [1.29, 1.82) is 0 Å². The molecule has 0 radical (unpaired) electrons. The molecule has 1 aliphatic carbocycles. The third-order valence-corrected chi connectivity index (χ3v) is 3.53. The van der Waals surface area contributed by atoms with E-state index in [9.17, 15) is 4.79 Å². The molecule has 1 aromatic carbocycles. The van der Waals surface area contributed by atoms with E-state index < -0.39 is 0 Å². The molecule has 0 unspecified atom stereocenters. The van der Waals surface area contributed by atoms with Gasteiger partial charge in [-0.2, -0.15) is 0 Å². The number of nitrogen functional groups attached to an aromatic ring is 1. The number of hydrogen-bond acceptors (Lipinski definition) is 4. The minimum atomic E-state index is -0.138. The summed E-state index contributed by atoms with van der Waals surface area (Å²) >= 11 is 1.56. The lowest BCUT2D eigenvalue weighted by atomic mass is 10.2. The lowest BCUT2D eigenvalue weighted by molar-refractivity contribution is 1.41. The van der Waals surface area contributed by atoms with Gasteiger partial charge in [0.2, 0.25) is 5.43 Å². The standard InChI is InChI=1S/C12H8N2OS.ClH/c13-7-5-9-12(6-10(7)15)16-11-4-2-1-3-8(11)14-9;/h1-6H,13H2;1H. The average Bonchev–Trinajstić information content (AvgIpc) is 2.28. The second kappa shape index (κ2) is 4.31. The fourth-order valence-electron chi connectivity index (χ4n) is 1.62. The molecule has 2 N–H and O–H groups in total. The number of aromatic nitrogens is 1. The lowest BCUT2D eigenvalue weighted by Crippen LogP contribution is -2.07. The molecule has 1 aromatic rings. The molecule has 3 rings (SSSR count). The maximum absolute atomic E-state index is 11.4. The number of fused-ring (bicyclic) bond motifs is 2. The minimum absolute atomic E-state index is 0. The highest BCUT2D eigenvalue weighted by Gasteiger charge is 2.09. The first kappa shape index (κ1) is 11.8. The number of anilines is 1. The molecule has 0 aromatic heterocycles. The van der Waals surface area contributed by atoms with Crippen molar-refractivity contribution in [2.75, 3.05) is 5.73 Å². The maximum atomic E-state index is 11.4. The molecule has 1 heterocycles. The monoisotopic (exact) mass is 264 g/mol. The van der Waals surface area contributed by atoms with Crippen molar-refractivity contribution in [2.45, 2.75) is 0 Å². The van der Waals surface area contributed by atoms with E-state index in [4.69, 9.17) is 5.73 Å². The summed E-state index contributed by atoms with van der Waals surface area (Å²) in [4.78, 5) is 16.8. The van der Waals surface area contributed by atoms with E-state index in [1.165, 1.54) is 0 Å². The Balaban J connectivity index is 0.00000108.